The molecule has 3 N–H and O–H groups in total. The predicted molar refractivity (Wildman–Crippen MR) is 414 cm³/mol. The second-order valence-corrected chi connectivity index (χ2v) is 32.7. The SMILES string of the molecule is CCCCCC/C=C\C=C/CCCCCCCC(=O)O[C@H](COC(=O)CCCCCCCCC(C)CC)COP(=O)(O)OC[C@H](O)COP(=O)(O)OC[C@@H](COC(=O)CCCCCCCCCCCCCCCCCC(C)C)OC(=O)CCCCCCCCCCCCCCCCC(C)CC. The quantitative estimate of drug-likeness (QED) is 0.0169. The van der Waals surface area contributed by atoms with E-state index in [1.54, 1.807) is 0 Å². The summed E-state index contributed by atoms with van der Waals surface area (Å²) in [7, 11) is -9.94. The number of allylic oxidation sites excluding steroid dienone is 4. The highest BCUT2D eigenvalue weighted by Gasteiger charge is 2.30. The van der Waals surface area contributed by atoms with Gasteiger partial charge in [-0.15, -0.1) is 0 Å². The summed E-state index contributed by atoms with van der Waals surface area (Å²) in [5, 5.41) is 10.6. The standard InChI is InChI=1S/C82H156O17P2/c1-8-11-12-13-14-15-16-17-19-27-32-37-42-51-58-66-82(87)99-78(70-93-80(85)64-57-50-45-44-48-55-62-75(7)10-3)72-97-101(90,91)95-68-76(83)67-94-100(88,89)96-71-77(98-81(86)65-59-52-43-38-33-28-23-22-25-30-35-40-47-54-61-74(6)9-2)69-92-79(84)63-56-49-41-36-31-26-21-18-20-24-29-34-39-46-53-60-73(4)5/h15-17,19,73-78,83H,8-14,18,20-72H2,1-7H3,(H,88,89)(H,90,91)/b16-15-,19-17-/t74?,75?,76-,77-,78-/m1/s1. The lowest BCUT2D eigenvalue weighted by molar-refractivity contribution is -0.161. The lowest BCUT2D eigenvalue weighted by Crippen LogP contribution is -2.30. The molecular formula is C82H156O17P2. The first-order valence-electron chi connectivity index (χ1n) is 41.7. The number of phosphoric ester groups is 2. The highest BCUT2D eigenvalue weighted by Crippen LogP contribution is 2.45. The van der Waals surface area contributed by atoms with Crippen molar-refractivity contribution in [1.29, 1.82) is 0 Å². The summed E-state index contributed by atoms with van der Waals surface area (Å²) in [4.78, 5) is 73.0. The van der Waals surface area contributed by atoms with Gasteiger partial charge < -0.3 is 33.8 Å². The molecule has 0 aliphatic rings. The molecule has 0 spiro atoms. The number of aliphatic hydroxyl groups is 1. The fourth-order valence-corrected chi connectivity index (χ4v) is 13.6. The van der Waals surface area contributed by atoms with Gasteiger partial charge in [0.05, 0.1) is 26.4 Å². The van der Waals surface area contributed by atoms with Crippen LogP contribution in [0.5, 0.6) is 0 Å². The predicted octanol–water partition coefficient (Wildman–Crippen LogP) is 24.1. The monoisotopic (exact) mass is 1480 g/mol. The van der Waals surface area contributed by atoms with Crippen molar-refractivity contribution in [3.05, 3.63) is 24.3 Å². The maximum Gasteiger partial charge on any atom is 0.472 e. The molecule has 0 radical (unpaired) electrons. The molecule has 0 aliphatic carbocycles. The summed E-state index contributed by atoms with van der Waals surface area (Å²) in [6.45, 7) is 11.9. The van der Waals surface area contributed by atoms with E-state index in [-0.39, 0.29) is 25.7 Å². The second kappa shape index (κ2) is 71.8. The Morgan fingerprint density at radius 2 is 0.584 bits per heavy atom. The van der Waals surface area contributed by atoms with Crippen molar-refractivity contribution < 1.29 is 80.2 Å². The first kappa shape index (κ1) is 98.5. The van der Waals surface area contributed by atoms with Crippen molar-refractivity contribution >= 4 is 39.5 Å². The Kier molecular flexibility index (Phi) is 70.0. The van der Waals surface area contributed by atoms with E-state index in [4.69, 9.17) is 37.0 Å². The molecule has 0 aromatic carbocycles. The van der Waals surface area contributed by atoms with E-state index in [2.05, 4.69) is 72.8 Å². The second-order valence-electron chi connectivity index (χ2n) is 29.8. The molecule has 101 heavy (non-hydrogen) atoms. The molecule has 0 saturated carbocycles. The van der Waals surface area contributed by atoms with Gasteiger partial charge in [-0.25, -0.2) is 9.13 Å². The van der Waals surface area contributed by atoms with Crippen LogP contribution in [0, 0.1) is 17.8 Å². The average molecular weight is 1480 g/mol. The fourth-order valence-electron chi connectivity index (χ4n) is 12.1. The topological polar surface area (TPSA) is 237 Å². The molecule has 17 nitrogen and oxygen atoms in total. The minimum atomic E-state index is -4.97. The Bertz CT molecular complexity index is 2060. The molecule has 0 heterocycles. The van der Waals surface area contributed by atoms with Crippen LogP contribution in [0.25, 0.3) is 0 Å². The average Bonchev–Trinajstić information content (AvgIpc) is 0.988. The molecule has 0 aromatic heterocycles. The molecule has 0 amide bonds. The smallest absolute Gasteiger partial charge is 0.462 e. The fraction of sp³-hybridized carbons (Fsp3) is 0.902. The molecule has 19 heteroatoms. The van der Waals surface area contributed by atoms with Gasteiger partial charge in [0.15, 0.2) is 12.2 Å². The van der Waals surface area contributed by atoms with Crippen LogP contribution in [0.3, 0.4) is 0 Å². The van der Waals surface area contributed by atoms with Gasteiger partial charge in [-0.2, -0.15) is 0 Å². The van der Waals surface area contributed by atoms with Crippen LogP contribution < -0.4 is 0 Å². The summed E-state index contributed by atoms with van der Waals surface area (Å²) in [5.41, 5.74) is 0. The van der Waals surface area contributed by atoms with E-state index in [0.717, 1.165) is 127 Å². The van der Waals surface area contributed by atoms with Crippen molar-refractivity contribution in [2.24, 2.45) is 17.8 Å². The third-order valence-electron chi connectivity index (χ3n) is 19.2. The number of unbranched alkanes of at least 4 members (excludes halogenated alkanes) is 41. The van der Waals surface area contributed by atoms with Gasteiger partial charge in [0, 0.05) is 25.7 Å². The lowest BCUT2D eigenvalue weighted by atomic mass is 9.99. The molecule has 0 rings (SSSR count). The third-order valence-corrected chi connectivity index (χ3v) is 21.1. The van der Waals surface area contributed by atoms with Crippen LogP contribution in [0.4, 0.5) is 0 Å². The summed E-state index contributed by atoms with van der Waals surface area (Å²) in [6.07, 6.45) is 63.2. The van der Waals surface area contributed by atoms with E-state index >= 15 is 0 Å². The minimum absolute atomic E-state index is 0.0841. The van der Waals surface area contributed by atoms with Gasteiger partial charge in [0.1, 0.15) is 19.3 Å². The van der Waals surface area contributed by atoms with Crippen molar-refractivity contribution in [3.8, 4) is 0 Å². The number of carbonyl (C=O) groups excluding carboxylic acids is 4. The summed E-state index contributed by atoms with van der Waals surface area (Å²) >= 11 is 0. The number of rotatable bonds is 78. The largest absolute Gasteiger partial charge is 0.472 e. The zero-order valence-corrected chi connectivity index (χ0v) is 67.6. The summed E-state index contributed by atoms with van der Waals surface area (Å²) in [5.74, 6) is 0.236. The number of phosphoric acid groups is 2. The van der Waals surface area contributed by atoms with E-state index < -0.39 is 97.5 Å². The molecule has 0 fully saturated rings. The van der Waals surface area contributed by atoms with Gasteiger partial charge in [0.2, 0.25) is 0 Å². The Labute approximate surface area is 618 Å². The Hall–Kier alpha value is -2.46. The van der Waals surface area contributed by atoms with Crippen molar-refractivity contribution in [3.63, 3.8) is 0 Å². The first-order chi connectivity index (χ1) is 48.8. The van der Waals surface area contributed by atoms with Crippen molar-refractivity contribution in [1.82, 2.24) is 0 Å². The molecule has 0 aliphatic heterocycles. The Balaban J connectivity index is 5.28. The summed E-state index contributed by atoms with van der Waals surface area (Å²) < 4.78 is 68.7. The number of ether oxygens (including phenoxy) is 4. The number of hydrogen-bond acceptors (Lipinski definition) is 15. The van der Waals surface area contributed by atoms with Crippen molar-refractivity contribution in [2.75, 3.05) is 39.6 Å². The minimum Gasteiger partial charge on any atom is -0.462 e. The molecular weight excluding hydrogens is 1320 g/mol. The van der Waals surface area contributed by atoms with Gasteiger partial charge in [-0.1, -0.05) is 349 Å². The van der Waals surface area contributed by atoms with E-state index in [1.807, 2.05) is 0 Å². The number of esters is 4. The Morgan fingerprint density at radius 1 is 0.327 bits per heavy atom. The lowest BCUT2D eigenvalue weighted by Gasteiger charge is -2.21. The number of carbonyl (C=O) groups is 4. The third kappa shape index (κ3) is 72.9. The van der Waals surface area contributed by atoms with Crippen LogP contribution in [0.15, 0.2) is 24.3 Å². The van der Waals surface area contributed by atoms with Crippen LogP contribution in [-0.2, 0) is 65.4 Å². The van der Waals surface area contributed by atoms with Crippen LogP contribution in [0.1, 0.15) is 402 Å². The van der Waals surface area contributed by atoms with Gasteiger partial charge in [-0.05, 0) is 69.1 Å². The molecule has 596 valence electrons. The van der Waals surface area contributed by atoms with Crippen LogP contribution >= 0.6 is 15.6 Å². The normalized spacial score (nSPS) is 14.6. The van der Waals surface area contributed by atoms with Gasteiger partial charge >= 0.3 is 39.5 Å². The molecule has 7 atom stereocenters. The molecule has 0 aromatic rings. The summed E-state index contributed by atoms with van der Waals surface area (Å²) in [6, 6.07) is 0. The molecule has 0 saturated heterocycles. The van der Waals surface area contributed by atoms with E-state index in [9.17, 15) is 43.2 Å². The maximum absolute atomic E-state index is 13.1. The molecule has 4 unspecified atom stereocenters. The van der Waals surface area contributed by atoms with E-state index in [0.29, 0.717) is 25.7 Å². The van der Waals surface area contributed by atoms with Crippen LogP contribution in [-0.4, -0.2) is 96.7 Å². The van der Waals surface area contributed by atoms with Crippen LogP contribution in [0.2, 0.25) is 0 Å². The van der Waals surface area contributed by atoms with Crippen molar-refractivity contribution in [2.45, 2.75) is 420 Å². The van der Waals surface area contributed by atoms with Gasteiger partial charge in [-0.3, -0.25) is 37.3 Å². The zero-order chi connectivity index (χ0) is 74.4. The highest BCUT2D eigenvalue weighted by atomic mass is 31.2. The number of aliphatic hydroxyl groups excluding tert-OH is 1. The Morgan fingerprint density at radius 3 is 0.881 bits per heavy atom. The maximum atomic E-state index is 13.1. The molecule has 0 bridgehead atoms. The van der Waals surface area contributed by atoms with Gasteiger partial charge in [0.25, 0.3) is 0 Å². The van der Waals surface area contributed by atoms with E-state index in [1.165, 1.54) is 193 Å². The first-order valence-corrected chi connectivity index (χ1v) is 44.7. The highest BCUT2D eigenvalue weighted by molar-refractivity contribution is 7.47. The zero-order valence-electron chi connectivity index (χ0n) is 65.9. The number of hydrogen-bond donors (Lipinski definition) is 3.